The molecule has 1 fully saturated rings. The number of carbonyl (C=O) groups is 2. The molecule has 1 N–H and O–H groups in total. The van der Waals surface area contributed by atoms with Crippen LogP contribution in [0.2, 0.25) is 0 Å². The van der Waals surface area contributed by atoms with Crippen LogP contribution >= 0.6 is 0 Å². The summed E-state index contributed by atoms with van der Waals surface area (Å²) in [5.41, 5.74) is 2.49. The quantitative estimate of drug-likeness (QED) is 0.170. The van der Waals surface area contributed by atoms with Gasteiger partial charge in [0.25, 0.3) is 11.7 Å². The maximum Gasteiger partial charge on any atom is 0.300 e. The van der Waals surface area contributed by atoms with Crippen molar-refractivity contribution in [1.29, 1.82) is 0 Å². The van der Waals surface area contributed by atoms with Gasteiger partial charge in [-0.3, -0.25) is 14.5 Å². The molecule has 1 saturated heterocycles. The number of Topliss-reactive ketones (excluding diaryl/α,β-unsaturated/α-hetero) is 1. The number of hydrogen-bond donors (Lipinski definition) is 1. The van der Waals surface area contributed by atoms with Crippen molar-refractivity contribution in [2.75, 3.05) is 11.5 Å². The van der Waals surface area contributed by atoms with Gasteiger partial charge in [-0.15, -0.1) is 0 Å². The van der Waals surface area contributed by atoms with Gasteiger partial charge >= 0.3 is 0 Å². The van der Waals surface area contributed by atoms with Gasteiger partial charge in [-0.25, -0.2) is 0 Å². The van der Waals surface area contributed by atoms with Crippen molar-refractivity contribution in [1.82, 2.24) is 0 Å². The Hall–Kier alpha value is -4.84. The first-order valence-electron chi connectivity index (χ1n) is 12.4. The van der Waals surface area contributed by atoms with Gasteiger partial charge in [0.05, 0.1) is 18.2 Å². The second-order valence-corrected chi connectivity index (χ2v) is 8.90. The van der Waals surface area contributed by atoms with Crippen molar-refractivity contribution in [3.8, 4) is 17.2 Å². The second-order valence-electron chi connectivity index (χ2n) is 8.90. The molecule has 4 aromatic carbocycles. The molecule has 6 heteroatoms. The number of aryl methyl sites for hydroxylation is 1. The Morgan fingerprint density at radius 3 is 2.21 bits per heavy atom. The summed E-state index contributed by atoms with van der Waals surface area (Å²) in [5, 5.41) is 11.4. The zero-order chi connectivity index (χ0) is 26.6. The molecule has 1 aliphatic rings. The smallest absolute Gasteiger partial charge is 0.300 e. The van der Waals surface area contributed by atoms with E-state index in [-0.39, 0.29) is 11.3 Å². The topological polar surface area (TPSA) is 76.1 Å². The molecule has 1 unspecified atom stereocenters. The van der Waals surface area contributed by atoms with Crippen LogP contribution in [-0.4, -0.2) is 23.4 Å². The molecule has 190 valence electrons. The van der Waals surface area contributed by atoms with E-state index >= 15 is 0 Å². The molecule has 1 atom stereocenters. The number of rotatable bonds is 7. The predicted molar refractivity (Wildman–Crippen MR) is 147 cm³/mol. The molecule has 0 aliphatic carbocycles. The van der Waals surface area contributed by atoms with E-state index in [1.807, 2.05) is 80.6 Å². The molecular weight excluding hydrogens is 478 g/mol. The Kier molecular flexibility index (Phi) is 6.96. The minimum atomic E-state index is -0.859. The van der Waals surface area contributed by atoms with E-state index in [1.54, 1.807) is 36.4 Å². The van der Waals surface area contributed by atoms with Crippen LogP contribution in [0.25, 0.3) is 5.76 Å². The molecule has 1 amide bonds. The third kappa shape index (κ3) is 4.76. The van der Waals surface area contributed by atoms with E-state index < -0.39 is 17.7 Å². The molecule has 1 aliphatic heterocycles. The zero-order valence-corrected chi connectivity index (χ0v) is 21.1. The Morgan fingerprint density at radius 2 is 1.50 bits per heavy atom. The summed E-state index contributed by atoms with van der Waals surface area (Å²) in [6.45, 7) is 4.28. The SMILES string of the molecule is CCOc1ccc(/C(O)=C2/C(=O)C(=O)N(c3ccccc3C)C2c2cccc(Oc3ccccc3)c2)cc1. The van der Waals surface area contributed by atoms with Gasteiger partial charge in [-0.2, -0.15) is 0 Å². The lowest BCUT2D eigenvalue weighted by Crippen LogP contribution is -2.30. The van der Waals surface area contributed by atoms with Crippen LogP contribution < -0.4 is 14.4 Å². The van der Waals surface area contributed by atoms with Crippen molar-refractivity contribution in [3.63, 3.8) is 0 Å². The zero-order valence-electron chi connectivity index (χ0n) is 21.1. The van der Waals surface area contributed by atoms with Gasteiger partial charge in [0.15, 0.2) is 0 Å². The van der Waals surface area contributed by atoms with Crippen LogP contribution in [0.1, 0.15) is 29.7 Å². The summed E-state index contributed by atoms with van der Waals surface area (Å²) in [7, 11) is 0. The number of ether oxygens (including phenoxy) is 2. The van der Waals surface area contributed by atoms with Gasteiger partial charge in [-0.05, 0) is 79.6 Å². The van der Waals surface area contributed by atoms with Gasteiger partial charge in [0.2, 0.25) is 0 Å². The van der Waals surface area contributed by atoms with E-state index in [0.29, 0.717) is 40.7 Å². The molecule has 0 saturated carbocycles. The molecule has 38 heavy (non-hydrogen) atoms. The molecule has 0 spiro atoms. The average molecular weight is 506 g/mol. The third-order valence-corrected chi connectivity index (χ3v) is 6.41. The first-order chi connectivity index (χ1) is 18.5. The van der Waals surface area contributed by atoms with Crippen LogP contribution in [0, 0.1) is 6.92 Å². The Morgan fingerprint density at radius 1 is 0.816 bits per heavy atom. The fourth-order valence-electron chi connectivity index (χ4n) is 4.63. The number of ketones is 1. The first-order valence-corrected chi connectivity index (χ1v) is 12.4. The molecule has 5 rings (SSSR count). The van der Waals surface area contributed by atoms with Crippen LogP contribution in [-0.2, 0) is 9.59 Å². The van der Waals surface area contributed by atoms with E-state index in [1.165, 1.54) is 4.90 Å². The van der Waals surface area contributed by atoms with E-state index in [2.05, 4.69) is 0 Å². The van der Waals surface area contributed by atoms with Gasteiger partial charge in [0, 0.05) is 11.3 Å². The number of aliphatic hydroxyl groups excluding tert-OH is 1. The van der Waals surface area contributed by atoms with E-state index in [4.69, 9.17) is 9.47 Å². The third-order valence-electron chi connectivity index (χ3n) is 6.41. The lowest BCUT2D eigenvalue weighted by atomic mass is 9.94. The van der Waals surface area contributed by atoms with Crippen molar-refractivity contribution < 1.29 is 24.2 Å². The molecule has 4 aromatic rings. The predicted octanol–water partition coefficient (Wildman–Crippen LogP) is 6.81. The second kappa shape index (κ2) is 10.6. The monoisotopic (exact) mass is 505 g/mol. The Bertz CT molecular complexity index is 1510. The highest BCUT2D eigenvalue weighted by Crippen LogP contribution is 2.44. The molecule has 0 radical (unpaired) electrons. The summed E-state index contributed by atoms with van der Waals surface area (Å²) >= 11 is 0. The number of benzene rings is 4. The molecular formula is C32H27NO5. The van der Waals surface area contributed by atoms with E-state index in [9.17, 15) is 14.7 Å². The molecule has 6 nitrogen and oxygen atoms in total. The fraction of sp³-hybridized carbons (Fsp3) is 0.125. The summed E-state index contributed by atoms with van der Waals surface area (Å²) in [6, 6.07) is 29.9. The summed E-state index contributed by atoms with van der Waals surface area (Å²) < 4.78 is 11.5. The largest absolute Gasteiger partial charge is 0.507 e. The molecule has 1 heterocycles. The Labute approximate surface area is 221 Å². The van der Waals surface area contributed by atoms with Gasteiger partial charge in [-0.1, -0.05) is 48.5 Å². The highest BCUT2D eigenvalue weighted by Gasteiger charge is 2.47. The minimum absolute atomic E-state index is 0.0132. The van der Waals surface area contributed by atoms with Crippen molar-refractivity contribution in [2.45, 2.75) is 19.9 Å². The van der Waals surface area contributed by atoms with Crippen molar-refractivity contribution in [2.24, 2.45) is 0 Å². The van der Waals surface area contributed by atoms with Crippen molar-refractivity contribution >= 4 is 23.1 Å². The van der Waals surface area contributed by atoms with Gasteiger partial charge < -0.3 is 14.6 Å². The summed E-state index contributed by atoms with van der Waals surface area (Å²) in [5.74, 6) is 0.149. The van der Waals surface area contributed by atoms with Crippen LogP contribution in [0.4, 0.5) is 5.69 Å². The summed E-state index contributed by atoms with van der Waals surface area (Å²) in [6.07, 6.45) is 0. The number of anilines is 1. The van der Waals surface area contributed by atoms with Crippen LogP contribution in [0.3, 0.4) is 0 Å². The lowest BCUT2D eigenvalue weighted by molar-refractivity contribution is -0.132. The standard InChI is InChI=1S/C32H27NO5/c1-3-37-24-18-16-22(17-19-24)30(34)28-29(33(32(36)31(28)35)27-15-8-7-10-21(27)2)23-11-9-14-26(20-23)38-25-12-5-4-6-13-25/h4-20,29,34H,3H2,1-2H3/b30-28-. The highest BCUT2D eigenvalue weighted by molar-refractivity contribution is 6.51. The lowest BCUT2D eigenvalue weighted by Gasteiger charge is -2.27. The van der Waals surface area contributed by atoms with Gasteiger partial charge in [0.1, 0.15) is 23.0 Å². The normalized spacial score (nSPS) is 16.5. The number of carbonyl (C=O) groups excluding carboxylic acids is 2. The maximum absolute atomic E-state index is 13.5. The maximum atomic E-state index is 13.5. The highest BCUT2D eigenvalue weighted by atomic mass is 16.5. The van der Waals surface area contributed by atoms with E-state index in [0.717, 1.165) is 5.56 Å². The number of para-hydroxylation sites is 2. The Balaban J connectivity index is 1.65. The van der Waals surface area contributed by atoms with Crippen molar-refractivity contribution in [3.05, 3.63) is 125 Å². The number of amides is 1. The fourth-order valence-corrected chi connectivity index (χ4v) is 4.63. The average Bonchev–Trinajstić information content (AvgIpc) is 3.20. The molecule has 0 bridgehead atoms. The first kappa shape index (κ1) is 24.8. The number of nitrogens with zero attached hydrogens (tertiary/aromatic N) is 1. The van der Waals surface area contributed by atoms with Crippen LogP contribution in [0.5, 0.6) is 17.2 Å². The van der Waals surface area contributed by atoms with Crippen LogP contribution in [0.15, 0.2) is 109 Å². The summed E-state index contributed by atoms with van der Waals surface area (Å²) in [4.78, 5) is 28.4. The number of aliphatic hydroxyl groups is 1. The molecule has 0 aromatic heterocycles. The minimum Gasteiger partial charge on any atom is -0.507 e. The number of hydrogen-bond acceptors (Lipinski definition) is 5.